The van der Waals surface area contributed by atoms with E-state index >= 15 is 0 Å². The largest absolute Gasteiger partial charge is 0.385 e. The number of hydrogen-bond acceptors (Lipinski definition) is 1. The Morgan fingerprint density at radius 3 is 2.79 bits per heavy atom. The molecule has 1 rings (SSSR count). The number of benzene rings is 1. The topological polar surface area (TPSA) is 12.0 Å². The van der Waals surface area contributed by atoms with Crippen molar-refractivity contribution in [2.75, 3.05) is 11.9 Å². The Labute approximate surface area is 91.5 Å². The molecule has 1 aromatic rings. The lowest BCUT2D eigenvalue weighted by atomic mass is 10.2. The van der Waals surface area contributed by atoms with Crippen molar-refractivity contribution in [3.63, 3.8) is 0 Å². The summed E-state index contributed by atoms with van der Waals surface area (Å²) in [5.41, 5.74) is 2.42. The number of anilines is 1. The van der Waals surface area contributed by atoms with E-state index in [1.807, 2.05) is 18.2 Å². The maximum Gasteiger partial charge on any atom is 0.0426 e. The molecule has 0 unspecified atom stereocenters. The molecule has 0 saturated heterocycles. The molecule has 0 saturated carbocycles. The first-order valence-electron chi connectivity index (χ1n) is 5.24. The number of nitrogens with one attached hydrogen (secondary N) is 1. The molecule has 2 heteroatoms. The second-order valence-electron chi connectivity index (χ2n) is 3.59. The summed E-state index contributed by atoms with van der Waals surface area (Å²) < 4.78 is 0. The average molecular weight is 212 g/mol. The number of rotatable bonds is 5. The fourth-order valence-electron chi connectivity index (χ4n) is 1.38. The van der Waals surface area contributed by atoms with Gasteiger partial charge in [-0.15, -0.1) is 0 Å². The molecule has 0 radical (unpaired) electrons. The molecular weight excluding hydrogens is 194 g/mol. The second-order valence-corrected chi connectivity index (χ2v) is 4.03. The lowest BCUT2D eigenvalue weighted by molar-refractivity contribution is 0.743. The van der Waals surface area contributed by atoms with Crippen LogP contribution in [0.3, 0.4) is 0 Å². The van der Waals surface area contributed by atoms with Crippen molar-refractivity contribution in [2.45, 2.75) is 33.1 Å². The SMILES string of the molecule is CCCCCNc1cc(Cl)ccc1C. The molecular formula is C12H18ClN. The third-order valence-corrected chi connectivity index (χ3v) is 2.53. The first-order valence-corrected chi connectivity index (χ1v) is 5.62. The molecule has 0 aromatic heterocycles. The van der Waals surface area contributed by atoms with E-state index in [9.17, 15) is 0 Å². The normalized spacial score (nSPS) is 10.2. The van der Waals surface area contributed by atoms with E-state index in [4.69, 9.17) is 11.6 Å². The number of aryl methyl sites for hydroxylation is 1. The van der Waals surface area contributed by atoms with Crippen LogP contribution in [0.25, 0.3) is 0 Å². The number of hydrogen-bond donors (Lipinski definition) is 1. The minimum Gasteiger partial charge on any atom is -0.385 e. The minimum atomic E-state index is 0.800. The molecule has 1 aromatic carbocycles. The van der Waals surface area contributed by atoms with Gasteiger partial charge in [0, 0.05) is 17.3 Å². The fourth-order valence-corrected chi connectivity index (χ4v) is 1.55. The van der Waals surface area contributed by atoms with E-state index in [0.29, 0.717) is 0 Å². The summed E-state index contributed by atoms with van der Waals surface area (Å²) in [5.74, 6) is 0. The van der Waals surface area contributed by atoms with E-state index in [1.54, 1.807) is 0 Å². The Hall–Kier alpha value is -0.690. The highest BCUT2D eigenvalue weighted by Gasteiger charge is 1.97. The van der Waals surface area contributed by atoms with Gasteiger partial charge in [-0.3, -0.25) is 0 Å². The van der Waals surface area contributed by atoms with Crippen LogP contribution >= 0.6 is 11.6 Å². The summed E-state index contributed by atoms with van der Waals surface area (Å²) in [6.07, 6.45) is 3.77. The summed E-state index contributed by atoms with van der Waals surface area (Å²) in [6, 6.07) is 5.96. The maximum absolute atomic E-state index is 5.92. The molecule has 0 amide bonds. The highest BCUT2D eigenvalue weighted by atomic mass is 35.5. The van der Waals surface area contributed by atoms with Crippen LogP contribution in [0, 0.1) is 6.92 Å². The zero-order valence-corrected chi connectivity index (χ0v) is 9.69. The van der Waals surface area contributed by atoms with Crippen LogP contribution in [0.1, 0.15) is 31.7 Å². The first kappa shape index (κ1) is 11.4. The van der Waals surface area contributed by atoms with Gasteiger partial charge in [-0.25, -0.2) is 0 Å². The predicted molar refractivity (Wildman–Crippen MR) is 64.2 cm³/mol. The van der Waals surface area contributed by atoms with Crippen molar-refractivity contribution in [3.05, 3.63) is 28.8 Å². The molecule has 0 aliphatic heterocycles. The summed E-state index contributed by atoms with van der Waals surface area (Å²) >= 11 is 5.92. The van der Waals surface area contributed by atoms with Crippen LogP contribution in [-0.4, -0.2) is 6.54 Å². The average Bonchev–Trinajstić information content (AvgIpc) is 2.18. The Morgan fingerprint density at radius 2 is 2.07 bits per heavy atom. The van der Waals surface area contributed by atoms with Crippen LogP contribution < -0.4 is 5.32 Å². The number of halogens is 1. The maximum atomic E-state index is 5.92. The first-order chi connectivity index (χ1) is 6.74. The fraction of sp³-hybridized carbons (Fsp3) is 0.500. The van der Waals surface area contributed by atoms with E-state index in [1.165, 1.54) is 24.8 Å². The van der Waals surface area contributed by atoms with Crippen molar-refractivity contribution in [1.29, 1.82) is 0 Å². The Morgan fingerprint density at radius 1 is 1.29 bits per heavy atom. The third kappa shape index (κ3) is 3.59. The van der Waals surface area contributed by atoms with Gasteiger partial charge in [0.15, 0.2) is 0 Å². The summed E-state index contributed by atoms with van der Waals surface area (Å²) in [4.78, 5) is 0. The van der Waals surface area contributed by atoms with Gasteiger partial charge in [-0.2, -0.15) is 0 Å². The Balaban J connectivity index is 2.45. The van der Waals surface area contributed by atoms with Crippen molar-refractivity contribution >= 4 is 17.3 Å². The Bertz CT molecular complexity index is 284. The smallest absolute Gasteiger partial charge is 0.0426 e. The highest BCUT2D eigenvalue weighted by Crippen LogP contribution is 2.20. The summed E-state index contributed by atoms with van der Waals surface area (Å²) in [5, 5.41) is 4.20. The van der Waals surface area contributed by atoms with Gasteiger partial charge in [0.05, 0.1) is 0 Å². The molecule has 0 aliphatic rings. The molecule has 0 bridgehead atoms. The van der Waals surface area contributed by atoms with Crippen LogP contribution in [0.4, 0.5) is 5.69 Å². The van der Waals surface area contributed by atoms with E-state index in [-0.39, 0.29) is 0 Å². The molecule has 0 aliphatic carbocycles. The number of unbranched alkanes of at least 4 members (excludes halogenated alkanes) is 2. The molecule has 0 atom stereocenters. The van der Waals surface area contributed by atoms with Crippen LogP contribution in [0.2, 0.25) is 5.02 Å². The van der Waals surface area contributed by atoms with Crippen LogP contribution in [-0.2, 0) is 0 Å². The van der Waals surface area contributed by atoms with Crippen molar-refractivity contribution < 1.29 is 0 Å². The van der Waals surface area contributed by atoms with E-state index in [0.717, 1.165) is 17.3 Å². The van der Waals surface area contributed by atoms with Gasteiger partial charge in [-0.05, 0) is 31.0 Å². The summed E-state index contributed by atoms with van der Waals surface area (Å²) in [6.45, 7) is 5.35. The monoisotopic (exact) mass is 211 g/mol. The van der Waals surface area contributed by atoms with Gasteiger partial charge in [0.25, 0.3) is 0 Å². The molecule has 0 heterocycles. The molecule has 1 N–H and O–H groups in total. The quantitative estimate of drug-likeness (QED) is 0.718. The van der Waals surface area contributed by atoms with Crippen molar-refractivity contribution in [2.24, 2.45) is 0 Å². The Kier molecular flexibility index (Phi) is 4.81. The van der Waals surface area contributed by atoms with E-state index in [2.05, 4.69) is 19.2 Å². The highest BCUT2D eigenvalue weighted by molar-refractivity contribution is 6.30. The molecule has 14 heavy (non-hydrogen) atoms. The van der Waals surface area contributed by atoms with Crippen LogP contribution in [0.15, 0.2) is 18.2 Å². The van der Waals surface area contributed by atoms with Crippen molar-refractivity contribution in [3.8, 4) is 0 Å². The molecule has 1 nitrogen and oxygen atoms in total. The predicted octanol–water partition coefficient (Wildman–Crippen LogP) is 4.25. The second kappa shape index (κ2) is 5.92. The minimum absolute atomic E-state index is 0.800. The lowest BCUT2D eigenvalue weighted by Crippen LogP contribution is -2.02. The van der Waals surface area contributed by atoms with Gasteiger partial charge < -0.3 is 5.32 Å². The summed E-state index contributed by atoms with van der Waals surface area (Å²) in [7, 11) is 0. The third-order valence-electron chi connectivity index (χ3n) is 2.30. The van der Waals surface area contributed by atoms with Gasteiger partial charge in [0.2, 0.25) is 0 Å². The van der Waals surface area contributed by atoms with Gasteiger partial charge >= 0.3 is 0 Å². The molecule has 0 fully saturated rings. The van der Waals surface area contributed by atoms with Gasteiger partial charge in [0.1, 0.15) is 0 Å². The van der Waals surface area contributed by atoms with E-state index < -0.39 is 0 Å². The zero-order valence-electron chi connectivity index (χ0n) is 8.94. The van der Waals surface area contributed by atoms with Crippen molar-refractivity contribution in [1.82, 2.24) is 0 Å². The zero-order chi connectivity index (χ0) is 10.4. The molecule has 78 valence electrons. The molecule has 0 spiro atoms. The standard InChI is InChI=1S/C12H18ClN/c1-3-4-5-8-14-12-9-11(13)7-6-10(12)2/h6-7,9,14H,3-5,8H2,1-2H3. The van der Waals surface area contributed by atoms with Crippen LogP contribution in [0.5, 0.6) is 0 Å². The lowest BCUT2D eigenvalue weighted by Gasteiger charge is -2.09. The van der Waals surface area contributed by atoms with Gasteiger partial charge in [-0.1, -0.05) is 37.4 Å².